The van der Waals surface area contributed by atoms with E-state index in [9.17, 15) is 9.59 Å². The van der Waals surface area contributed by atoms with Gasteiger partial charge in [-0.3, -0.25) is 19.5 Å². The van der Waals surface area contributed by atoms with E-state index in [1.165, 1.54) is 0 Å². The number of anilines is 1. The zero-order valence-corrected chi connectivity index (χ0v) is 19.5. The summed E-state index contributed by atoms with van der Waals surface area (Å²) in [5, 5.41) is 11.9. The molecule has 174 valence electrons. The highest BCUT2D eigenvalue weighted by Gasteiger charge is 2.15. The van der Waals surface area contributed by atoms with E-state index in [-0.39, 0.29) is 12.3 Å². The Hall–Kier alpha value is -4.30. The third kappa shape index (κ3) is 5.12. The van der Waals surface area contributed by atoms with Crippen molar-refractivity contribution in [1.82, 2.24) is 14.5 Å². The molecular weight excluding hydrogens is 460 g/mol. The topological polar surface area (TPSA) is 97.1 Å². The van der Waals surface area contributed by atoms with Crippen molar-refractivity contribution in [2.45, 2.75) is 19.3 Å². The van der Waals surface area contributed by atoms with Crippen molar-refractivity contribution in [1.29, 1.82) is 0 Å². The van der Waals surface area contributed by atoms with Gasteiger partial charge in [-0.15, -0.1) is 11.3 Å². The maximum Gasteiger partial charge on any atom is 0.303 e. The van der Waals surface area contributed by atoms with Crippen LogP contribution in [0.25, 0.3) is 27.0 Å². The van der Waals surface area contributed by atoms with Gasteiger partial charge in [0.25, 0.3) is 5.91 Å². The van der Waals surface area contributed by atoms with Crippen LogP contribution in [0.4, 0.5) is 5.95 Å². The molecule has 1 amide bonds. The van der Waals surface area contributed by atoms with Gasteiger partial charge in [0.15, 0.2) is 0 Å². The molecule has 0 atom stereocenters. The highest BCUT2D eigenvalue weighted by molar-refractivity contribution is 7.16. The summed E-state index contributed by atoms with van der Waals surface area (Å²) in [6, 6.07) is 23.1. The number of amides is 1. The van der Waals surface area contributed by atoms with E-state index in [1.807, 2.05) is 76.9 Å². The number of carbonyl (C=O) groups excluding carboxylic acids is 1. The van der Waals surface area contributed by atoms with Crippen LogP contribution in [0.5, 0.6) is 0 Å². The lowest BCUT2D eigenvalue weighted by Crippen LogP contribution is -2.15. The first-order valence-electron chi connectivity index (χ1n) is 11.2. The Labute approximate surface area is 205 Å². The summed E-state index contributed by atoms with van der Waals surface area (Å²) in [6.45, 7) is 0. The zero-order valence-electron chi connectivity index (χ0n) is 18.7. The molecule has 2 heterocycles. The minimum atomic E-state index is -0.838. The van der Waals surface area contributed by atoms with Gasteiger partial charge < -0.3 is 5.11 Å². The fourth-order valence-electron chi connectivity index (χ4n) is 3.89. The number of aliphatic carboxylic acids is 1. The van der Waals surface area contributed by atoms with Crippen molar-refractivity contribution in [2.24, 2.45) is 0 Å². The molecule has 0 aliphatic rings. The molecule has 5 aromatic rings. The lowest BCUT2D eigenvalue weighted by atomic mass is 10.0. The van der Waals surface area contributed by atoms with Crippen molar-refractivity contribution in [2.75, 3.05) is 5.32 Å². The van der Waals surface area contributed by atoms with Crippen LogP contribution in [0.2, 0.25) is 0 Å². The van der Waals surface area contributed by atoms with E-state index >= 15 is 0 Å². The first kappa shape index (κ1) is 22.5. The van der Waals surface area contributed by atoms with Gasteiger partial charge in [0, 0.05) is 23.9 Å². The first-order valence-corrected chi connectivity index (χ1v) is 12.1. The molecule has 0 radical (unpaired) electrons. The number of hydrogen-bond donors (Lipinski definition) is 2. The minimum Gasteiger partial charge on any atom is -0.481 e. The number of hydrogen-bond acceptors (Lipinski definition) is 5. The number of carboxylic acids is 1. The second kappa shape index (κ2) is 9.90. The van der Waals surface area contributed by atoms with Crippen LogP contribution < -0.4 is 5.32 Å². The fraction of sp³-hybridized carbons (Fsp3) is 0.111. The van der Waals surface area contributed by atoms with Crippen molar-refractivity contribution in [3.05, 3.63) is 95.8 Å². The lowest BCUT2D eigenvalue weighted by molar-refractivity contribution is -0.137. The molecule has 7 nitrogen and oxygen atoms in total. The number of fused-ring (bicyclic) bond motifs is 1. The van der Waals surface area contributed by atoms with E-state index in [4.69, 9.17) is 5.11 Å². The number of rotatable bonds is 8. The van der Waals surface area contributed by atoms with Gasteiger partial charge in [0.1, 0.15) is 0 Å². The monoisotopic (exact) mass is 482 g/mol. The van der Waals surface area contributed by atoms with Crippen LogP contribution in [-0.4, -0.2) is 31.5 Å². The van der Waals surface area contributed by atoms with Crippen LogP contribution in [0.1, 0.15) is 28.9 Å². The Morgan fingerprint density at radius 3 is 2.63 bits per heavy atom. The Bertz CT molecular complexity index is 1510. The number of carboxylic acid groups (broad SMARTS) is 1. The van der Waals surface area contributed by atoms with E-state index < -0.39 is 5.97 Å². The summed E-state index contributed by atoms with van der Waals surface area (Å²) >= 11 is 1.58. The number of carbonyl (C=O) groups is 2. The second-order valence-electron chi connectivity index (χ2n) is 8.08. The van der Waals surface area contributed by atoms with E-state index in [1.54, 1.807) is 17.4 Å². The van der Waals surface area contributed by atoms with Crippen molar-refractivity contribution in [3.8, 4) is 16.8 Å². The summed E-state index contributed by atoms with van der Waals surface area (Å²) in [4.78, 5) is 33.0. The van der Waals surface area contributed by atoms with Gasteiger partial charge in [-0.1, -0.05) is 36.4 Å². The number of benzene rings is 3. The van der Waals surface area contributed by atoms with Gasteiger partial charge >= 0.3 is 5.97 Å². The summed E-state index contributed by atoms with van der Waals surface area (Å²) in [7, 11) is 0. The van der Waals surface area contributed by atoms with Gasteiger partial charge in [0.2, 0.25) is 5.95 Å². The van der Waals surface area contributed by atoms with Crippen LogP contribution in [0.3, 0.4) is 0 Å². The Morgan fingerprint density at radius 2 is 1.80 bits per heavy atom. The van der Waals surface area contributed by atoms with Gasteiger partial charge in [-0.25, -0.2) is 9.97 Å². The van der Waals surface area contributed by atoms with Crippen LogP contribution in [0, 0.1) is 0 Å². The number of aryl methyl sites for hydroxylation is 1. The third-order valence-corrected chi connectivity index (χ3v) is 6.42. The molecule has 0 spiro atoms. The van der Waals surface area contributed by atoms with Crippen molar-refractivity contribution >= 4 is 39.4 Å². The van der Waals surface area contributed by atoms with Crippen molar-refractivity contribution < 1.29 is 14.7 Å². The third-order valence-electron chi connectivity index (χ3n) is 5.63. The predicted molar refractivity (Wildman–Crippen MR) is 137 cm³/mol. The second-order valence-corrected chi connectivity index (χ2v) is 8.96. The smallest absolute Gasteiger partial charge is 0.303 e. The SMILES string of the molecule is O=C(O)CCCc1cn(-c2ccccc2)c(NC(=O)c2cccc(-c3ccc4ncsc4c3)c2)n1. The molecule has 2 aromatic heterocycles. The standard InChI is InChI=1S/C27H22N4O3S/c32-25(33)11-5-8-21-16-31(22-9-2-1-3-10-22)27(29-21)30-26(34)20-7-4-6-18(14-20)19-12-13-23-24(15-19)35-17-28-23/h1-4,6-7,9-10,12-17H,5,8,11H2,(H,32,33)(H,29,30,34). The summed E-state index contributed by atoms with van der Waals surface area (Å²) in [5.41, 5.74) is 6.82. The Morgan fingerprint density at radius 1 is 0.971 bits per heavy atom. The molecular formula is C27H22N4O3S. The maximum absolute atomic E-state index is 13.2. The molecule has 3 aromatic carbocycles. The number of nitrogens with zero attached hydrogens (tertiary/aromatic N) is 3. The molecule has 0 aliphatic heterocycles. The van der Waals surface area contributed by atoms with Crippen LogP contribution in [-0.2, 0) is 11.2 Å². The molecule has 0 saturated heterocycles. The molecule has 35 heavy (non-hydrogen) atoms. The lowest BCUT2D eigenvalue weighted by Gasteiger charge is -2.10. The number of aromatic nitrogens is 3. The molecule has 8 heteroatoms. The molecule has 5 rings (SSSR count). The molecule has 0 unspecified atom stereocenters. The predicted octanol–water partition coefficient (Wildman–Crippen LogP) is 5.81. The van der Waals surface area contributed by atoms with Crippen molar-refractivity contribution in [3.63, 3.8) is 0 Å². The molecule has 0 aliphatic carbocycles. The maximum atomic E-state index is 13.2. The number of para-hydroxylation sites is 1. The molecule has 0 bridgehead atoms. The number of nitrogens with one attached hydrogen (secondary N) is 1. The van der Waals surface area contributed by atoms with E-state index in [2.05, 4.69) is 21.4 Å². The van der Waals surface area contributed by atoms with Gasteiger partial charge in [-0.05, 0) is 60.4 Å². The van der Waals surface area contributed by atoms with Crippen LogP contribution in [0.15, 0.2) is 84.5 Å². The van der Waals surface area contributed by atoms with E-state index in [0.29, 0.717) is 24.4 Å². The average molecular weight is 483 g/mol. The normalized spacial score (nSPS) is 11.0. The summed E-state index contributed by atoms with van der Waals surface area (Å²) in [6.07, 6.45) is 2.89. The Kier molecular flexibility index (Phi) is 6.36. The van der Waals surface area contributed by atoms with Crippen LogP contribution >= 0.6 is 11.3 Å². The largest absolute Gasteiger partial charge is 0.481 e. The zero-order chi connectivity index (χ0) is 24.2. The fourth-order valence-corrected chi connectivity index (χ4v) is 4.61. The minimum absolute atomic E-state index is 0.0695. The molecule has 0 saturated carbocycles. The first-order chi connectivity index (χ1) is 17.1. The number of imidazole rings is 1. The van der Waals surface area contributed by atoms with Gasteiger partial charge in [0.05, 0.1) is 21.4 Å². The van der Waals surface area contributed by atoms with Gasteiger partial charge in [-0.2, -0.15) is 0 Å². The Balaban J connectivity index is 1.41. The quantitative estimate of drug-likeness (QED) is 0.291. The summed E-state index contributed by atoms with van der Waals surface area (Å²) < 4.78 is 2.91. The average Bonchev–Trinajstić information content (AvgIpc) is 3.51. The molecule has 2 N–H and O–H groups in total. The highest BCUT2D eigenvalue weighted by atomic mass is 32.1. The number of thiazole rings is 1. The summed E-state index contributed by atoms with van der Waals surface area (Å²) in [5.74, 6) is -0.719. The van der Waals surface area contributed by atoms with E-state index in [0.717, 1.165) is 32.7 Å². The highest BCUT2D eigenvalue weighted by Crippen LogP contribution is 2.27. The molecule has 0 fully saturated rings.